The van der Waals surface area contributed by atoms with Gasteiger partial charge in [0.05, 0.1) is 12.7 Å². The fourth-order valence-electron chi connectivity index (χ4n) is 2.79. The quantitative estimate of drug-likeness (QED) is 0.623. The monoisotopic (exact) mass is 362 g/mol. The van der Waals surface area contributed by atoms with Gasteiger partial charge in [0.2, 0.25) is 5.95 Å². The van der Waals surface area contributed by atoms with Gasteiger partial charge < -0.3 is 15.4 Å². The number of carbonyl (C=O) groups is 1. The van der Waals surface area contributed by atoms with Gasteiger partial charge in [-0.15, -0.1) is 0 Å². The number of aryl methyl sites for hydroxylation is 2. The summed E-state index contributed by atoms with van der Waals surface area (Å²) in [5.41, 5.74) is 4.60. The molecular weight excluding hydrogens is 340 g/mol. The highest BCUT2D eigenvalue weighted by Gasteiger charge is 2.08. The summed E-state index contributed by atoms with van der Waals surface area (Å²) in [5, 5.41) is 6.51. The van der Waals surface area contributed by atoms with E-state index in [1.165, 1.54) is 12.7 Å². The summed E-state index contributed by atoms with van der Waals surface area (Å²) in [4.78, 5) is 20.5. The van der Waals surface area contributed by atoms with Crippen molar-refractivity contribution < 1.29 is 9.53 Å². The van der Waals surface area contributed by atoms with Crippen LogP contribution in [0.5, 0.6) is 0 Å². The summed E-state index contributed by atoms with van der Waals surface area (Å²) in [6, 6.07) is 15.0. The lowest BCUT2D eigenvalue weighted by atomic mass is 10.1. The standard InChI is InChI=1S/C21H22N4O2/c1-4-15-8-5-7-14(2)19(15)25-21-22-12-11-18(24-21)23-17-10-6-9-16(13-17)20(26)27-3/h5-13H,4H2,1-3H3,(H2,22,23,24,25). The minimum atomic E-state index is -0.379. The highest BCUT2D eigenvalue weighted by Crippen LogP contribution is 2.24. The third-order valence-corrected chi connectivity index (χ3v) is 4.19. The number of methoxy groups -OCH3 is 1. The summed E-state index contributed by atoms with van der Waals surface area (Å²) < 4.78 is 4.76. The second kappa shape index (κ2) is 8.31. The average molecular weight is 362 g/mol. The Morgan fingerprint density at radius 3 is 2.70 bits per heavy atom. The zero-order valence-electron chi connectivity index (χ0n) is 15.6. The largest absolute Gasteiger partial charge is 0.465 e. The van der Waals surface area contributed by atoms with Crippen LogP contribution in [0.15, 0.2) is 54.7 Å². The Labute approximate surface area is 158 Å². The lowest BCUT2D eigenvalue weighted by Crippen LogP contribution is -2.04. The molecule has 138 valence electrons. The van der Waals surface area contributed by atoms with Crippen LogP contribution in [0.4, 0.5) is 23.1 Å². The first-order chi connectivity index (χ1) is 13.1. The maximum Gasteiger partial charge on any atom is 0.337 e. The van der Waals surface area contributed by atoms with E-state index in [4.69, 9.17) is 4.74 Å². The van der Waals surface area contributed by atoms with Gasteiger partial charge in [-0.1, -0.05) is 31.2 Å². The van der Waals surface area contributed by atoms with Crippen LogP contribution in [0.3, 0.4) is 0 Å². The van der Waals surface area contributed by atoms with E-state index in [1.54, 1.807) is 30.5 Å². The van der Waals surface area contributed by atoms with E-state index >= 15 is 0 Å². The number of hydrogen-bond acceptors (Lipinski definition) is 6. The molecule has 0 aliphatic rings. The molecule has 0 aliphatic carbocycles. The number of benzene rings is 2. The zero-order chi connectivity index (χ0) is 19.2. The van der Waals surface area contributed by atoms with Crippen molar-refractivity contribution >= 4 is 29.1 Å². The number of anilines is 4. The van der Waals surface area contributed by atoms with Gasteiger partial charge in [0, 0.05) is 17.6 Å². The Kier molecular flexibility index (Phi) is 5.66. The minimum absolute atomic E-state index is 0.379. The number of nitrogens with one attached hydrogen (secondary N) is 2. The molecule has 27 heavy (non-hydrogen) atoms. The van der Waals surface area contributed by atoms with Crippen molar-refractivity contribution in [1.82, 2.24) is 9.97 Å². The lowest BCUT2D eigenvalue weighted by molar-refractivity contribution is 0.0601. The number of nitrogens with zero attached hydrogens (tertiary/aromatic N) is 2. The Morgan fingerprint density at radius 1 is 1.11 bits per heavy atom. The van der Waals surface area contributed by atoms with Crippen LogP contribution in [-0.2, 0) is 11.2 Å². The Balaban J connectivity index is 1.82. The van der Waals surface area contributed by atoms with Crippen molar-refractivity contribution in [1.29, 1.82) is 0 Å². The maximum absolute atomic E-state index is 11.7. The molecule has 0 aliphatic heterocycles. The number of aromatic nitrogens is 2. The second-order valence-corrected chi connectivity index (χ2v) is 6.05. The van der Waals surface area contributed by atoms with Crippen molar-refractivity contribution in [2.75, 3.05) is 17.7 Å². The van der Waals surface area contributed by atoms with Crippen LogP contribution in [-0.4, -0.2) is 23.0 Å². The van der Waals surface area contributed by atoms with E-state index in [9.17, 15) is 4.79 Å². The second-order valence-electron chi connectivity index (χ2n) is 6.05. The molecule has 0 amide bonds. The molecule has 0 unspecified atom stereocenters. The molecule has 6 heteroatoms. The third kappa shape index (κ3) is 4.41. The van der Waals surface area contributed by atoms with E-state index in [2.05, 4.69) is 46.6 Å². The first-order valence-electron chi connectivity index (χ1n) is 8.74. The van der Waals surface area contributed by atoms with Gasteiger partial charge in [-0.05, 0) is 48.7 Å². The summed E-state index contributed by atoms with van der Waals surface area (Å²) in [7, 11) is 1.36. The van der Waals surface area contributed by atoms with E-state index in [1.807, 2.05) is 12.1 Å². The summed E-state index contributed by atoms with van der Waals surface area (Å²) in [6.45, 7) is 4.18. The van der Waals surface area contributed by atoms with Gasteiger partial charge in [0.15, 0.2) is 0 Å². The zero-order valence-corrected chi connectivity index (χ0v) is 15.6. The van der Waals surface area contributed by atoms with Crippen molar-refractivity contribution in [3.63, 3.8) is 0 Å². The summed E-state index contributed by atoms with van der Waals surface area (Å²) in [5.74, 6) is 0.754. The van der Waals surface area contributed by atoms with E-state index in [0.717, 1.165) is 23.4 Å². The smallest absolute Gasteiger partial charge is 0.337 e. The molecule has 0 bridgehead atoms. The highest BCUT2D eigenvalue weighted by atomic mass is 16.5. The Hall–Kier alpha value is -3.41. The fraction of sp³-hybridized carbons (Fsp3) is 0.190. The van der Waals surface area contributed by atoms with Gasteiger partial charge >= 0.3 is 5.97 Å². The van der Waals surface area contributed by atoms with Gasteiger partial charge in [0.25, 0.3) is 0 Å². The SMILES string of the molecule is CCc1cccc(C)c1Nc1nccc(Nc2cccc(C(=O)OC)c2)n1. The molecule has 0 radical (unpaired) electrons. The Morgan fingerprint density at radius 2 is 1.93 bits per heavy atom. The number of esters is 1. The number of ether oxygens (including phenoxy) is 1. The van der Waals surface area contributed by atoms with Gasteiger partial charge in [-0.2, -0.15) is 4.98 Å². The normalized spacial score (nSPS) is 10.3. The molecule has 3 aromatic rings. The molecule has 2 aromatic carbocycles. The number of carbonyl (C=O) groups excluding carboxylic acids is 1. The number of hydrogen-bond donors (Lipinski definition) is 2. The lowest BCUT2D eigenvalue weighted by Gasteiger charge is -2.13. The first kappa shape index (κ1) is 18.4. The molecule has 3 rings (SSSR count). The van der Waals surface area contributed by atoms with Crippen LogP contribution in [0.25, 0.3) is 0 Å². The molecule has 0 spiro atoms. The van der Waals surface area contributed by atoms with Crippen LogP contribution in [0, 0.1) is 6.92 Å². The van der Waals surface area contributed by atoms with Crippen molar-refractivity contribution in [3.05, 3.63) is 71.4 Å². The van der Waals surface area contributed by atoms with Gasteiger partial charge in [-0.25, -0.2) is 9.78 Å². The molecular formula is C21H22N4O2. The Bertz CT molecular complexity index is 956. The average Bonchev–Trinajstić information content (AvgIpc) is 2.69. The van der Waals surface area contributed by atoms with Crippen molar-refractivity contribution in [3.8, 4) is 0 Å². The summed E-state index contributed by atoms with van der Waals surface area (Å²) >= 11 is 0. The van der Waals surface area contributed by atoms with Gasteiger partial charge in [0.1, 0.15) is 5.82 Å². The van der Waals surface area contributed by atoms with E-state index in [-0.39, 0.29) is 5.97 Å². The van der Waals surface area contributed by atoms with Crippen molar-refractivity contribution in [2.45, 2.75) is 20.3 Å². The molecule has 0 fully saturated rings. The maximum atomic E-state index is 11.7. The molecule has 0 saturated heterocycles. The first-order valence-corrected chi connectivity index (χ1v) is 8.74. The van der Waals surface area contributed by atoms with Crippen LogP contribution in [0.2, 0.25) is 0 Å². The molecule has 0 saturated carbocycles. The molecule has 2 N–H and O–H groups in total. The third-order valence-electron chi connectivity index (χ3n) is 4.19. The van der Waals surface area contributed by atoms with Crippen molar-refractivity contribution in [2.24, 2.45) is 0 Å². The fourth-order valence-corrected chi connectivity index (χ4v) is 2.79. The van der Waals surface area contributed by atoms with E-state index < -0.39 is 0 Å². The summed E-state index contributed by atoms with van der Waals surface area (Å²) in [6.07, 6.45) is 2.61. The topological polar surface area (TPSA) is 76.1 Å². The predicted octanol–water partition coefficient (Wildman–Crippen LogP) is 4.62. The molecule has 6 nitrogen and oxygen atoms in total. The molecule has 0 atom stereocenters. The van der Waals surface area contributed by atoms with E-state index in [0.29, 0.717) is 17.3 Å². The number of para-hydroxylation sites is 1. The van der Waals surface area contributed by atoms with Crippen LogP contribution >= 0.6 is 0 Å². The molecule has 1 heterocycles. The highest BCUT2D eigenvalue weighted by molar-refractivity contribution is 5.90. The number of rotatable bonds is 6. The van der Waals surface area contributed by atoms with Crippen LogP contribution in [0.1, 0.15) is 28.4 Å². The molecule has 1 aromatic heterocycles. The van der Waals surface area contributed by atoms with Crippen LogP contribution < -0.4 is 10.6 Å². The minimum Gasteiger partial charge on any atom is -0.465 e. The van der Waals surface area contributed by atoms with Gasteiger partial charge in [-0.3, -0.25) is 0 Å². The predicted molar refractivity (Wildman–Crippen MR) is 107 cm³/mol.